The number of halogens is 1. The number of hydrogen-bond donors (Lipinski definition) is 1. The summed E-state index contributed by atoms with van der Waals surface area (Å²) in [6.45, 7) is 0. The smallest absolute Gasteiger partial charge is 0.167 e. The molecular weight excluding hydrogens is 210 g/mol. The molecule has 2 nitrogen and oxygen atoms in total. The van der Waals surface area contributed by atoms with E-state index in [4.69, 9.17) is 11.6 Å². The Balaban J connectivity index is 2.15. The largest absolute Gasteiger partial charge is 0.366 e. The van der Waals surface area contributed by atoms with Gasteiger partial charge in [0.25, 0.3) is 0 Å². The van der Waals surface area contributed by atoms with Crippen molar-refractivity contribution in [3.8, 4) is 0 Å². The summed E-state index contributed by atoms with van der Waals surface area (Å²) in [7, 11) is 0. The molecule has 2 aromatic rings. The third kappa shape index (κ3) is 2.28. The van der Waals surface area contributed by atoms with E-state index in [0.717, 1.165) is 11.1 Å². The van der Waals surface area contributed by atoms with Crippen LogP contribution >= 0.6 is 11.6 Å². The molecule has 1 heterocycles. The molecule has 2 rings (SSSR count). The van der Waals surface area contributed by atoms with E-state index in [1.807, 2.05) is 30.3 Å². The second-order valence-corrected chi connectivity index (χ2v) is 3.70. The lowest BCUT2D eigenvalue weighted by Gasteiger charge is -1.99. The van der Waals surface area contributed by atoms with Gasteiger partial charge in [0.1, 0.15) is 0 Å². The Bertz CT molecular complexity index is 461. The van der Waals surface area contributed by atoms with Crippen LogP contribution in [0.15, 0.2) is 42.7 Å². The molecule has 0 spiro atoms. The number of ketones is 1. The van der Waals surface area contributed by atoms with Gasteiger partial charge < -0.3 is 4.98 Å². The fourth-order valence-corrected chi connectivity index (χ4v) is 1.60. The number of carbonyl (C=O) groups excluding carboxylic acids is 1. The van der Waals surface area contributed by atoms with Crippen LogP contribution in [-0.4, -0.2) is 10.8 Å². The third-order valence-electron chi connectivity index (χ3n) is 2.22. The summed E-state index contributed by atoms with van der Waals surface area (Å²) in [5, 5.41) is 0.610. The van der Waals surface area contributed by atoms with Gasteiger partial charge in [-0.15, -0.1) is 0 Å². The van der Waals surface area contributed by atoms with E-state index in [-0.39, 0.29) is 5.78 Å². The maximum atomic E-state index is 11.8. The van der Waals surface area contributed by atoms with Crippen molar-refractivity contribution >= 4 is 17.4 Å². The number of H-pyrrole nitrogens is 1. The topological polar surface area (TPSA) is 32.9 Å². The first-order valence-electron chi connectivity index (χ1n) is 4.67. The standard InChI is InChI=1S/C12H10ClNO/c13-11-8-14-7-10(11)6-12(15)9-4-2-1-3-5-9/h1-5,7-8,14H,6H2. The number of aromatic nitrogens is 1. The van der Waals surface area contributed by atoms with Crippen molar-refractivity contribution < 1.29 is 4.79 Å². The lowest BCUT2D eigenvalue weighted by Crippen LogP contribution is -2.02. The minimum absolute atomic E-state index is 0.0806. The van der Waals surface area contributed by atoms with E-state index in [9.17, 15) is 4.79 Å². The summed E-state index contributed by atoms with van der Waals surface area (Å²) >= 11 is 5.89. The Kier molecular flexibility index (Phi) is 2.88. The van der Waals surface area contributed by atoms with Gasteiger partial charge in [0.15, 0.2) is 5.78 Å². The zero-order valence-electron chi connectivity index (χ0n) is 8.03. The minimum atomic E-state index is 0.0806. The highest BCUT2D eigenvalue weighted by Gasteiger charge is 2.09. The van der Waals surface area contributed by atoms with Crippen LogP contribution in [0.2, 0.25) is 5.02 Å². The predicted octanol–water partition coefficient (Wildman–Crippen LogP) is 3.09. The molecule has 15 heavy (non-hydrogen) atoms. The highest BCUT2D eigenvalue weighted by atomic mass is 35.5. The average Bonchev–Trinajstić information content (AvgIpc) is 2.66. The van der Waals surface area contributed by atoms with Crippen LogP contribution < -0.4 is 0 Å². The van der Waals surface area contributed by atoms with Crippen LogP contribution in [0.5, 0.6) is 0 Å². The van der Waals surface area contributed by atoms with Crippen molar-refractivity contribution in [3.05, 3.63) is 58.9 Å². The summed E-state index contributed by atoms with van der Waals surface area (Å²) < 4.78 is 0. The molecule has 0 radical (unpaired) electrons. The van der Waals surface area contributed by atoms with Crippen LogP contribution in [0.3, 0.4) is 0 Å². The lowest BCUT2D eigenvalue weighted by atomic mass is 10.1. The van der Waals surface area contributed by atoms with Crippen LogP contribution in [0, 0.1) is 0 Å². The number of aromatic amines is 1. The van der Waals surface area contributed by atoms with Gasteiger partial charge >= 0.3 is 0 Å². The van der Waals surface area contributed by atoms with Crippen molar-refractivity contribution in [1.29, 1.82) is 0 Å². The normalized spacial score (nSPS) is 10.2. The van der Waals surface area contributed by atoms with Gasteiger partial charge in [-0.25, -0.2) is 0 Å². The van der Waals surface area contributed by atoms with Crippen molar-refractivity contribution in [1.82, 2.24) is 4.98 Å². The third-order valence-corrected chi connectivity index (χ3v) is 2.57. The Morgan fingerprint density at radius 2 is 1.93 bits per heavy atom. The summed E-state index contributed by atoms with van der Waals surface area (Å²) in [6.07, 6.45) is 3.77. The van der Waals surface area contributed by atoms with Gasteiger partial charge in [0, 0.05) is 24.4 Å². The molecule has 0 aliphatic rings. The van der Waals surface area contributed by atoms with E-state index in [0.29, 0.717) is 11.4 Å². The van der Waals surface area contributed by atoms with Gasteiger partial charge in [0.2, 0.25) is 0 Å². The van der Waals surface area contributed by atoms with Gasteiger partial charge in [-0.3, -0.25) is 4.79 Å². The van der Waals surface area contributed by atoms with Crippen LogP contribution in [0.4, 0.5) is 0 Å². The SMILES string of the molecule is O=C(Cc1c[nH]cc1Cl)c1ccccc1. The molecule has 3 heteroatoms. The molecule has 0 aliphatic heterocycles. The number of nitrogens with one attached hydrogen (secondary N) is 1. The van der Waals surface area contributed by atoms with Crippen molar-refractivity contribution in [3.63, 3.8) is 0 Å². The number of benzene rings is 1. The predicted molar refractivity (Wildman–Crippen MR) is 60.3 cm³/mol. The molecule has 0 fully saturated rings. The van der Waals surface area contributed by atoms with E-state index in [1.54, 1.807) is 12.4 Å². The van der Waals surface area contributed by atoms with E-state index in [1.165, 1.54) is 0 Å². The average molecular weight is 220 g/mol. The molecule has 0 saturated carbocycles. The van der Waals surface area contributed by atoms with E-state index in [2.05, 4.69) is 4.98 Å². The zero-order chi connectivity index (χ0) is 10.7. The molecule has 1 N–H and O–H groups in total. The Morgan fingerprint density at radius 1 is 1.20 bits per heavy atom. The van der Waals surface area contributed by atoms with Crippen molar-refractivity contribution in [2.45, 2.75) is 6.42 Å². The summed E-state index contributed by atoms with van der Waals surface area (Å²) in [5.74, 6) is 0.0806. The van der Waals surface area contributed by atoms with Crippen LogP contribution in [0.25, 0.3) is 0 Å². The Labute approximate surface area is 92.9 Å². The first kappa shape index (κ1) is 9.99. The quantitative estimate of drug-likeness (QED) is 0.791. The fourth-order valence-electron chi connectivity index (χ4n) is 1.41. The van der Waals surface area contributed by atoms with E-state index < -0.39 is 0 Å². The molecular formula is C12H10ClNO. The molecule has 1 aromatic heterocycles. The van der Waals surface area contributed by atoms with Gasteiger partial charge in [-0.05, 0) is 5.56 Å². The van der Waals surface area contributed by atoms with Crippen LogP contribution in [0.1, 0.15) is 15.9 Å². The number of hydrogen-bond acceptors (Lipinski definition) is 1. The summed E-state index contributed by atoms with van der Waals surface area (Å²) in [5.41, 5.74) is 1.56. The number of carbonyl (C=O) groups is 1. The number of Topliss-reactive ketones (excluding diaryl/α,β-unsaturated/α-hetero) is 1. The van der Waals surface area contributed by atoms with Crippen LogP contribution in [-0.2, 0) is 6.42 Å². The first-order chi connectivity index (χ1) is 7.27. The zero-order valence-corrected chi connectivity index (χ0v) is 8.79. The van der Waals surface area contributed by atoms with Gasteiger partial charge in [-0.2, -0.15) is 0 Å². The highest BCUT2D eigenvalue weighted by Crippen LogP contribution is 2.16. The second-order valence-electron chi connectivity index (χ2n) is 3.29. The Hall–Kier alpha value is -1.54. The van der Waals surface area contributed by atoms with Crippen molar-refractivity contribution in [2.75, 3.05) is 0 Å². The molecule has 0 aliphatic carbocycles. The maximum absolute atomic E-state index is 11.8. The van der Waals surface area contributed by atoms with Crippen molar-refractivity contribution in [2.24, 2.45) is 0 Å². The summed E-state index contributed by atoms with van der Waals surface area (Å²) in [4.78, 5) is 14.7. The minimum Gasteiger partial charge on any atom is -0.366 e. The molecule has 0 bridgehead atoms. The first-order valence-corrected chi connectivity index (χ1v) is 5.04. The van der Waals surface area contributed by atoms with Gasteiger partial charge in [0.05, 0.1) is 5.02 Å². The Morgan fingerprint density at radius 3 is 2.53 bits per heavy atom. The fraction of sp³-hybridized carbons (Fsp3) is 0.0833. The molecule has 0 atom stereocenters. The van der Waals surface area contributed by atoms with Gasteiger partial charge in [-0.1, -0.05) is 41.9 Å². The highest BCUT2D eigenvalue weighted by molar-refractivity contribution is 6.31. The monoisotopic (exact) mass is 219 g/mol. The maximum Gasteiger partial charge on any atom is 0.167 e. The van der Waals surface area contributed by atoms with E-state index >= 15 is 0 Å². The second kappa shape index (κ2) is 4.32. The summed E-state index contributed by atoms with van der Waals surface area (Å²) in [6, 6.07) is 9.21. The molecule has 76 valence electrons. The molecule has 0 saturated heterocycles. The molecule has 1 aromatic carbocycles. The molecule has 0 unspecified atom stereocenters. The number of rotatable bonds is 3. The molecule has 0 amide bonds. The lowest BCUT2D eigenvalue weighted by molar-refractivity contribution is 0.0993.